The van der Waals surface area contributed by atoms with Crippen molar-refractivity contribution in [2.45, 2.75) is 6.54 Å². The van der Waals surface area contributed by atoms with Gasteiger partial charge in [0.25, 0.3) is 0 Å². The Morgan fingerprint density at radius 2 is 2.12 bits per heavy atom. The average Bonchev–Trinajstić information content (AvgIpc) is 2.12. The van der Waals surface area contributed by atoms with E-state index in [-0.39, 0.29) is 17.7 Å². The first-order valence-electron chi connectivity index (χ1n) is 3.96. The minimum absolute atomic E-state index is 0. The first-order valence-corrected chi connectivity index (χ1v) is 4.96. The topological polar surface area (TPSA) is 124 Å². The molecule has 0 fully saturated rings. The Kier molecular flexibility index (Phi) is 10.4. The van der Waals surface area contributed by atoms with Crippen LogP contribution in [0.25, 0.3) is 0 Å². The van der Waals surface area contributed by atoms with Crippen LogP contribution < -0.4 is 10.8 Å². The molecular formula is C8H13BNO5S-. The van der Waals surface area contributed by atoms with E-state index in [2.05, 4.69) is 9.50 Å². The highest BCUT2D eigenvalue weighted by Crippen LogP contribution is 1.94. The van der Waals surface area contributed by atoms with Crippen LogP contribution in [0.4, 0.5) is 0 Å². The molecule has 6 nitrogen and oxygen atoms in total. The van der Waals surface area contributed by atoms with Crippen molar-refractivity contribution in [3.63, 3.8) is 0 Å². The molecule has 0 aliphatic rings. The highest BCUT2D eigenvalue weighted by atomic mass is 32.2. The zero-order valence-electron chi connectivity index (χ0n) is 8.43. The fourth-order valence-electron chi connectivity index (χ4n) is 0.988. The maximum absolute atomic E-state index is 9.98. The summed E-state index contributed by atoms with van der Waals surface area (Å²) >= 11 is -2.47. The van der Waals surface area contributed by atoms with Gasteiger partial charge in [0, 0.05) is 6.54 Å². The second-order valence-electron chi connectivity index (χ2n) is 2.64. The molecule has 8 heteroatoms. The average molecular weight is 246 g/mol. The molecular weight excluding hydrogens is 233 g/mol. The van der Waals surface area contributed by atoms with Gasteiger partial charge in [0.1, 0.15) is 14.6 Å². The first-order chi connectivity index (χ1) is 6.68. The van der Waals surface area contributed by atoms with Crippen molar-refractivity contribution >= 4 is 24.7 Å². The maximum Gasteiger partial charge on any atom is 0.113 e. The number of hydrogen-bond donors (Lipinski definition) is 1. The van der Waals surface area contributed by atoms with Gasteiger partial charge in [-0.15, -0.1) is 0 Å². The van der Waals surface area contributed by atoms with Crippen molar-refractivity contribution in [2.24, 2.45) is 0 Å². The third kappa shape index (κ3) is 7.52. The summed E-state index contributed by atoms with van der Waals surface area (Å²) in [6, 6.07) is 7.31. The zero-order valence-corrected chi connectivity index (χ0v) is 9.25. The minimum atomic E-state index is -2.47. The molecule has 1 aromatic rings. The van der Waals surface area contributed by atoms with Gasteiger partial charge in [-0.1, -0.05) is 29.7 Å². The van der Waals surface area contributed by atoms with Crippen molar-refractivity contribution < 1.29 is 23.9 Å². The lowest BCUT2D eigenvalue weighted by atomic mass is 9.94. The van der Waals surface area contributed by atoms with Crippen LogP contribution in [0.2, 0.25) is 0 Å². The number of rotatable bonds is 5. The van der Waals surface area contributed by atoms with Crippen LogP contribution in [-0.4, -0.2) is 34.3 Å². The van der Waals surface area contributed by atoms with E-state index in [0.717, 1.165) is 5.56 Å². The molecule has 0 bridgehead atoms. The van der Waals surface area contributed by atoms with Gasteiger partial charge in [-0.3, -0.25) is 9.50 Å². The van der Waals surface area contributed by atoms with Crippen LogP contribution >= 0.6 is 0 Å². The van der Waals surface area contributed by atoms with E-state index < -0.39 is 11.4 Å². The lowest BCUT2D eigenvalue weighted by molar-refractivity contribution is 0.272. The Morgan fingerprint density at radius 1 is 1.44 bits per heavy atom. The Bertz CT molecular complexity index is 325. The largest absolute Gasteiger partial charge is 0.750 e. The lowest BCUT2D eigenvalue weighted by Gasteiger charge is -2.07. The molecule has 2 radical (unpaired) electrons. The van der Waals surface area contributed by atoms with Gasteiger partial charge in [-0.2, -0.15) is 0 Å². The summed E-state index contributed by atoms with van der Waals surface area (Å²) in [5.74, 6) is 0. The SMILES string of the molecule is O.O.[B]c1cccc(CNCOS(=O)[O-])c1. The van der Waals surface area contributed by atoms with Gasteiger partial charge in [-0.25, -0.2) is 4.21 Å². The summed E-state index contributed by atoms with van der Waals surface area (Å²) < 4.78 is 24.2. The number of hydrogen-bond acceptors (Lipinski definition) is 4. The summed E-state index contributed by atoms with van der Waals surface area (Å²) in [6.07, 6.45) is 0. The molecule has 0 amide bonds. The molecule has 1 rings (SSSR count). The third-order valence-corrected chi connectivity index (χ3v) is 1.85. The van der Waals surface area contributed by atoms with E-state index in [1.807, 2.05) is 12.1 Å². The standard InChI is InChI=1S/C8H10BNO3S.2H2O/c9-8-3-1-2-7(4-8)5-10-6-13-14(11)12;;/h1-4,10H,5-6H2,(H,11,12);2*1H2/p-1. The molecule has 0 aliphatic carbocycles. The predicted octanol–water partition coefficient (Wildman–Crippen LogP) is -2.31. The lowest BCUT2D eigenvalue weighted by Crippen LogP contribution is -2.19. The molecule has 1 aromatic carbocycles. The molecule has 5 N–H and O–H groups in total. The molecule has 0 spiro atoms. The van der Waals surface area contributed by atoms with Crippen molar-refractivity contribution in [2.75, 3.05) is 6.73 Å². The van der Waals surface area contributed by atoms with Crippen molar-refractivity contribution in [1.82, 2.24) is 5.32 Å². The zero-order chi connectivity index (χ0) is 10.4. The van der Waals surface area contributed by atoms with Gasteiger partial charge in [0.15, 0.2) is 0 Å². The fourth-order valence-corrected chi connectivity index (χ4v) is 1.17. The Hall–Kier alpha value is -0.765. The third-order valence-electron chi connectivity index (χ3n) is 1.54. The summed E-state index contributed by atoms with van der Waals surface area (Å²) in [5.41, 5.74) is 1.66. The summed E-state index contributed by atoms with van der Waals surface area (Å²) in [7, 11) is 5.55. The Morgan fingerprint density at radius 3 is 2.69 bits per heavy atom. The predicted molar refractivity (Wildman–Crippen MR) is 60.8 cm³/mol. The fraction of sp³-hybridized carbons (Fsp3) is 0.250. The molecule has 1 unspecified atom stereocenters. The van der Waals surface area contributed by atoms with E-state index in [0.29, 0.717) is 12.0 Å². The molecule has 0 aromatic heterocycles. The molecule has 0 saturated heterocycles. The second kappa shape index (κ2) is 9.46. The van der Waals surface area contributed by atoms with Crippen LogP contribution in [-0.2, 0) is 22.1 Å². The van der Waals surface area contributed by atoms with Gasteiger partial charge in [0.05, 0.1) is 11.4 Å². The number of nitrogens with one attached hydrogen (secondary N) is 1. The maximum atomic E-state index is 9.98. The monoisotopic (exact) mass is 246 g/mol. The van der Waals surface area contributed by atoms with E-state index in [9.17, 15) is 8.76 Å². The summed E-state index contributed by atoms with van der Waals surface area (Å²) in [5, 5.41) is 2.79. The minimum Gasteiger partial charge on any atom is -0.750 e. The summed E-state index contributed by atoms with van der Waals surface area (Å²) in [6.45, 7) is 0.479. The highest BCUT2D eigenvalue weighted by Gasteiger charge is 1.92. The normalized spacial score (nSPS) is 11.1. The van der Waals surface area contributed by atoms with Gasteiger partial charge in [-0.05, 0) is 5.56 Å². The van der Waals surface area contributed by atoms with E-state index in [1.165, 1.54) is 0 Å². The molecule has 16 heavy (non-hydrogen) atoms. The Balaban J connectivity index is 0. The van der Waals surface area contributed by atoms with Crippen LogP contribution in [0.1, 0.15) is 5.56 Å². The highest BCUT2D eigenvalue weighted by molar-refractivity contribution is 7.74. The molecule has 0 aliphatic heterocycles. The first kappa shape index (κ1) is 17.6. The molecule has 0 heterocycles. The van der Waals surface area contributed by atoms with Crippen LogP contribution in [0, 0.1) is 0 Å². The van der Waals surface area contributed by atoms with Gasteiger partial charge in [0.2, 0.25) is 0 Å². The van der Waals surface area contributed by atoms with Gasteiger partial charge < -0.3 is 15.5 Å². The second-order valence-corrected chi connectivity index (χ2v) is 3.28. The van der Waals surface area contributed by atoms with Crippen molar-refractivity contribution in [3.8, 4) is 0 Å². The van der Waals surface area contributed by atoms with E-state index in [1.54, 1.807) is 12.1 Å². The van der Waals surface area contributed by atoms with Crippen LogP contribution in [0.3, 0.4) is 0 Å². The molecule has 1 atom stereocenters. The van der Waals surface area contributed by atoms with Crippen molar-refractivity contribution in [1.29, 1.82) is 0 Å². The van der Waals surface area contributed by atoms with Crippen LogP contribution in [0.5, 0.6) is 0 Å². The molecule has 90 valence electrons. The smallest absolute Gasteiger partial charge is 0.113 e. The van der Waals surface area contributed by atoms with Crippen molar-refractivity contribution in [3.05, 3.63) is 29.8 Å². The Labute approximate surface area is 97.5 Å². The number of benzene rings is 1. The summed E-state index contributed by atoms with van der Waals surface area (Å²) in [4.78, 5) is 0. The van der Waals surface area contributed by atoms with Gasteiger partial charge >= 0.3 is 0 Å². The van der Waals surface area contributed by atoms with E-state index in [4.69, 9.17) is 7.85 Å². The van der Waals surface area contributed by atoms with E-state index >= 15 is 0 Å². The molecule has 0 saturated carbocycles. The quantitative estimate of drug-likeness (QED) is 0.271. The van der Waals surface area contributed by atoms with Crippen LogP contribution in [0.15, 0.2) is 24.3 Å².